The molecule has 0 saturated carbocycles. The maximum atomic E-state index is 5.77. The number of aryl methyl sites for hydroxylation is 2. The lowest BCUT2D eigenvalue weighted by Gasteiger charge is -2.15. The van der Waals surface area contributed by atoms with E-state index in [4.69, 9.17) is 10.5 Å². The smallest absolute Gasteiger partial charge is 0.122 e. The highest BCUT2D eigenvalue weighted by atomic mass is 16.5. The minimum Gasteiger partial charge on any atom is -0.493 e. The summed E-state index contributed by atoms with van der Waals surface area (Å²) < 4.78 is 5.77. The van der Waals surface area contributed by atoms with Crippen LogP contribution in [0.3, 0.4) is 0 Å². The maximum Gasteiger partial charge on any atom is 0.122 e. The van der Waals surface area contributed by atoms with Crippen molar-refractivity contribution in [3.8, 4) is 5.75 Å². The lowest BCUT2D eigenvalue weighted by molar-refractivity contribution is 0.262. The first-order chi connectivity index (χ1) is 7.04. The molecular formula is C13H21NO. The largest absolute Gasteiger partial charge is 0.493 e. The van der Waals surface area contributed by atoms with Gasteiger partial charge in [-0.1, -0.05) is 13.0 Å². The van der Waals surface area contributed by atoms with Crippen LogP contribution < -0.4 is 10.5 Å². The summed E-state index contributed by atoms with van der Waals surface area (Å²) in [7, 11) is 0. The number of hydrogen-bond donors (Lipinski definition) is 1. The van der Waals surface area contributed by atoms with Gasteiger partial charge in [0.25, 0.3) is 0 Å². The molecule has 0 amide bonds. The molecule has 2 heteroatoms. The standard InChI is InChI=1S/C13H21NO/c1-9-5-11(3)12(4)13(6-9)15-8-10(2)7-14/h5-6,10H,7-8,14H2,1-4H3. The Morgan fingerprint density at radius 1 is 1.27 bits per heavy atom. The van der Waals surface area contributed by atoms with Crippen molar-refractivity contribution in [3.63, 3.8) is 0 Å². The third-order valence-electron chi connectivity index (χ3n) is 2.69. The fourth-order valence-electron chi connectivity index (χ4n) is 1.45. The Hall–Kier alpha value is -1.02. The molecule has 84 valence electrons. The highest BCUT2D eigenvalue weighted by Gasteiger charge is 2.05. The second-order valence-electron chi connectivity index (χ2n) is 4.36. The van der Waals surface area contributed by atoms with Crippen molar-refractivity contribution in [1.82, 2.24) is 0 Å². The minimum atomic E-state index is 0.408. The monoisotopic (exact) mass is 207 g/mol. The van der Waals surface area contributed by atoms with E-state index >= 15 is 0 Å². The molecule has 0 aliphatic heterocycles. The van der Waals surface area contributed by atoms with Crippen molar-refractivity contribution in [2.45, 2.75) is 27.7 Å². The first-order valence-corrected chi connectivity index (χ1v) is 5.45. The Kier molecular flexibility index (Phi) is 4.15. The highest BCUT2D eigenvalue weighted by Crippen LogP contribution is 2.23. The third kappa shape index (κ3) is 3.24. The van der Waals surface area contributed by atoms with E-state index in [1.807, 2.05) is 0 Å². The van der Waals surface area contributed by atoms with E-state index < -0.39 is 0 Å². The van der Waals surface area contributed by atoms with Crippen molar-refractivity contribution >= 4 is 0 Å². The number of nitrogens with two attached hydrogens (primary N) is 1. The summed E-state index contributed by atoms with van der Waals surface area (Å²) in [6.07, 6.45) is 0. The van der Waals surface area contributed by atoms with Crippen molar-refractivity contribution in [2.24, 2.45) is 11.7 Å². The van der Waals surface area contributed by atoms with Gasteiger partial charge in [-0.3, -0.25) is 0 Å². The minimum absolute atomic E-state index is 0.408. The third-order valence-corrected chi connectivity index (χ3v) is 2.69. The van der Waals surface area contributed by atoms with E-state index in [0.717, 1.165) is 5.75 Å². The zero-order valence-electron chi connectivity index (χ0n) is 10.1. The van der Waals surface area contributed by atoms with Gasteiger partial charge in [0.05, 0.1) is 6.61 Å². The van der Waals surface area contributed by atoms with Crippen LogP contribution >= 0.6 is 0 Å². The fraction of sp³-hybridized carbons (Fsp3) is 0.538. The quantitative estimate of drug-likeness (QED) is 0.823. The van der Waals surface area contributed by atoms with Crippen LogP contribution in [0.25, 0.3) is 0 Å². The van der Waals surface area contributed by atoms with Gasteiger partial charge < -0.3 is 10.5 Å². The highest BCUT2D eigenvalue weighted by molar-refractivity contribution is 5.41. The normalized spacial score (nSPS) is 12.6. The summed E-state index contributed by atoms with van der Waals surface area (Å²) in [5.74, 6) is 1.40. The molecule has 2 nitrogen and oxygen atoms in total. The van der Waals surface area contributed by atoms with Crippen LogP contribution in [-0.4, -0.2) is 13.2 Å². The van der Waals surface area contributed by atoms with Crippen molar-refractivity contribution in [1.29, 1.82) is 0 Å². The Labute approximate surface area is 92.4 Å². The van der Waals surface area contributed by atoms with E-state index in [1.165, 1.54) is 16.7 Å². The number of ether oxygens (including phenoxy) is 1. The van der Waals surface area contributed by atoms with E-state index in [0.29, 0.717) is 19.1 Å². The average Bonchev–Trinajstić information content (AvgIpc) is 2.20. The Bertz CT molecular complexity index is 334. The molecule has 15 heavy (non-hydrogen) atoms. The number of rotatable bonds is 4. The molecule has 1 atom stereocenters. The summed E-state index contributed by atoms with van der Waals surface area (Å²) in [4.78, 5) is 0. The fourth-order valence-corrected chi connectivity index (χ4v) is 1.45. The van der Waals surface area contributed by atoms with Gasteiger partial charge in [-0.25, -0.2) is 0 Å². The molecule has 2 N–H and O–H groups in total. The molecule has 1 aromatic carbocycles. The number of hydrogen-bond acceptors (Lipinski definition) is 2. The molecule has 0 radical (unpaired) electrons. The lowest BCUT2D eigenvalue weighted by Crippen LogP contribution is -2.18. The van der Waals surface area contributed by atoms with Crippen LogP contribution in [0, 0.1) is 26.7 Å². The van der Waals surface area contributed by atoms with Crippen molar-refractivity contribution in [2.75, 3.05) is 13.2 Å². The van der Waals surface area contributed by atoms with Gasteiger partial charge in [0.15, 0.2) is 0 Å². The van der Waals surface area contributed by atoms with Gasteiger partial charge in [-0.2, -0.15) is 0 Å². The van der Waals surface area contributed by atoms with Crippen molar-refractivity contribution < 1.29 is 4.74 Å². The Morgan fingerprint density at radius 3 is 2.53 bits per heavy atom. The Balaban J connectivity index is 2.76. The molecule has 0 fully saturated rings. The van der Waals surface area contributed by atoms with Crippen molar-refractivity contribution in [3.05, 3.63) is 28.8 Å². The molecule has 0 aliphatic carbocycles. The number of benzene rings is 1. The van der Waals surface area contributed by atoms with Gasteiger partial charge >= 0.3 is 0 Å². The van der Waals surface area contributed by atoms with Gasteiger partial charge in [0.2, 0.25) is 0 Å². The molecule has 1 rings (SSSR count). The predicted octanol–water partition coefficient (Wildman–Crippen LogP) is 2.59. The first kappa shape index (κ1) is 12.1. The van der Waals surface area contributed by atoms with Crippen LogP contribution in [-0.2, 0) is 0 Å². The van der Waals surface area contributed by atoms with Crippen LogP contribution in [0.4, 0.5) is 0 Å². The zero-order valence-corrected chi connectivity index (χ0v) is 10.1. The average molecular weight is 207 g/mol. The van der Waals surface area contributed by atoms with Gasteiger partial charge in [0.1, 0.15) is 5.75 Å². The maximum absolute atomic E-state index is 5.77. The molecule has 0 aromatic heterocycles. The molecule has 0 saturated heterocycles. The molecular weight excluding hydrogens is 186 g/mol. The summed E-state index contributed by atoms with van der Waals surface area (Å²) >= 11 is 0. The topological polar surface area (TPSA) is 35.2 Å². The second-order valence-corrected chi connectivity index (χ2v) is 4.36. The van der Waals surface area contributed by atoms with Gasteiger partial charge in [-0.15, -0.1) is 0 Å². The summed E-state index contributed by atoms with van der Waals surface area (Å²) in [5.41, 5.74) is 9.31. The van der Waals surface area contributed by atoms with Crippen LogP contribution in [0.15, 0.2) is 12.1 Å². The van der Waals surface area contributed by atoms with Crippen LogP contribution in [0.2, 0.25) is 0 Å². The van der Waals surface area contributed by atoms with E-state index in [1.54, 1.807) is 0 Å². The van der Waals surface area contributed by atoms with Gasteiger partial charge in [0, 0.05) is 5.92 Å². The van der Waals surface area contributed by atoms with Crippen LogP contribution in [0.5, 0.6) is 5.75 Å². The summed E-state index contributed by atoms with van der Waals surface area (Å²) in [6, 6.07) is 4.26. The molecule has 0 bridgehead atoms. The van der Waals surface area contributed by atoms with E-state index in [9.17, 15) is 0 Å². The SMILES string of the molecule is Cc1cc(C)c(C)c(OCC(C)CN)c1. The zero-order chi connectivity index (χ0) is 11.4. The molecule has 0 heterocycles. The molecule has 0 aliphatic rings. The molecule has 1 unspecified atom stereocenters. The van der Waals surface area contributed by atoms with Crippen LogP contribution in [0.1, 0.15) is 23.6 Å². The first-order valence-electron chi connectivity index (χ1n) is 5.45. The van der Waals surface area contributed by atoms with E-state index in [-0.39, 0.29) is 0 Å². The second kappa shape index (κ2) is 5.17. The molecule has 0 spiro atoms. The lowest BCUT2D eigenvalue weighted by atomic mass is 10.1. The van der Waals surface area contributed by atoms with E-state index in [2.05, 4.69) is 39.8 Å². The summed E-state index contributed by atoms with van der Waals surface area (Å²) in [6.45, 7) is 9.76. The Morgan fingerprint density at radius 2 is 1.93 bits per heavy atom. The predicted molar refractivity (Wildman–Crippen MR) is 64.4 cm³/mol. The molecule has 1 aromatic rings. The summed E-state index contributed by atoms with van der Waals surface area (Å²) in [5, 5.41) is 0. The van der Waals surface area contributed by atoms with Gasteiger partial charge in [-0.05, 0) is 50.1 Å².